The van der Waals surface area contributed by atoms with Crippen LogP contribution in [0.5, 0.6) is 0 Å². The molecule has 2 saturated heterocycles. The van der Waals surface area contributed by atoms with Gasteiger partial charge < -0.3 is 10.2 Å². The summed E-state index contributed by atoms with van der Waals surface area (Å²) >= 11 is 0. The first-order valence-corrected chi connectivity index (χ1v) is 8.49. The van der Waals surface area contributed by atoms with Crippen LogP contribution in [-0.4, -0.2) is 60.5 Å². The van der Waals surface area contributed by atoms with Crippen molar-refractivity contribution in [3.63, 3.8) is 0 Å². The number of hydrogen-bond acceptors (Lipinski definition) is 3. The maximum Gasteiger partial charge on any atom is 0.237 e. The van der Waals surface area contributed by atoms with Gasteiger partial charge in [0.05, 0.1) is 6.54 Å². The first-order chi connectivity index (χ1) is 9.74. The second kappa shape index (κ2) is 6.44. The largest absolute Gasteiger partial charge is 0.338 e. The van der Waals surface area contributed by atoms with E-state index in [4.69, 9.17) is 0 Å². The Morgan fingerprint density at radius 1 is 1.15 bits per heavy atom. The number of piperidine rings is 1. The number of rotatable bonds is 2. The number of fused-ring (bicyclic) bond motifs is 1. The zero-order valence-corrected chi connectivity index (χ0v) is 12.8. The topological polar surface area (TPSA) is 35.6 Å². The SMILES string of the molecule is CC1CN(CC(=O)N2CCCC3CCCCC32)CCN1. The van der Waals surface area contributed by atoms with Crippen LogP contribution in [0.3, 0.4) is 0 Å². The van der Waals surface area contributed by atoms with Crippen molar-refractivity contribution in [3.05, 3.63) is 0 Å². The molecule has 1 aliphatic carbocycles. The standard InChI is InChI=1S/C16H29N3O/c1-13-11-18(10-8-17-13)12-16(20)19-9-4-6-14-5-2-3-7-15(14)19/h13-15,17H,2-12H2,1H3. The average Bonchev–Trinajstić information content (AvgIpc) is 2.46. The van der Waals surface area contributed by atoms with Gasteiger partial charge in [-0.2, -0.15) is 0 Å². The number of carbonyl (C=O) groups is 1. The van der Waals surface area contributed by atoms with Crippen molar-refractivity contribution in [2.45, 2.75) is 57.5 Å². The molecular weight excluding hydrogens is 250 g/mol. The molecule has 3 unspecified atom stereocenters. The Morgan fingerprint density at radius 2 is 1.95 bits per heavy atom. The number of likely N-dealkylation sites (tertiary alicyclic amines) is 1. The number of carbonyl (C=O) groups excluding carboxylic acids is 1. The summed E-state index contributed by atoms with van der Waals surface area (Å²) in [6.07, 6.45) is 7.84. The Kier molecular flexibility index (Phi) is 4.61. The number of hydrogen-bond donors (Lipinski definition) is 1. The van der Waals surface area contributed by atoms with Gasteiger partial charge >= 0.3 is 0 Å². The van der Waals surface area contributed by atoms with Gasteiger partial charge in [-0.05, 0) is 38.5 Å². The predicted octanol–water partition coefficient (Wildman–Crippen LogP) is 1.46. The van der Waals surface area contributed by atoms with Crippen LogP contribution in [0.2, 0.25) is 0 Å². The summed E-state index contributed by atoms with van der Waals surface area (Å²) in [6.45, 7) is 6.87. The number of amides is 1. The van der Waals surface area contributed by atoms with Crippen molar-refractivity contribution >= 4 is 5.91 Å². The third kappa shape index (κ3) is 3.17. The fourth-order valence-corrected chi connectivity index (χ4v) is 4.37. The Labute approximate surface area is 122 Å². The number of nitrogens with zero attached hydrogens (tertiary/aromatic N) is 2. The molecule has 0 aromatic carbocycles. The summed E-state index contributed by atoms with van der Waals surface area (Å²) in [5, 5.41) is 3.44. The van der Waals surface area contributed by atoms with E-state index < -0.39 is 0 Å². The van der Waals surface area contributed by atoms with Crippen molar-refractivity contribution in [2.75, 3.05) is 32.7 Å². The molecule has 3 fully saturated rings. The lowest BCUT2D eigenvalue weighted by atomic mass is 9.78. The van der Waals surface area contributed by atoms with Crippen LogP contribution in [0.1, 0.15) is 45.4 Å². The first-order valence-electron chi connectivity index (χ1n) is 8.49. The quantitative estimate of drug-likeness (QED) is 0.831. The van der Waals surface area contributed by atoms with Gasteiger partial charge in [-0.25, -0.2) is 0 Å². The van der Waals surface area contributed by atoms with Crippen molar-refractivity contribution < 1.29 is 4.79 Å². The van der Waals surface area contributed by atoms with Gasteiger partial charge in [-0.1, -0.05) is 12.8 Å². The second-order valence-corrected chi connectivity index (χ2v) is 6.93. The molecule has 0 radical (unpaired) electrons. The summed E-state index contributed by atoms with van der Waals surface area (Å²) in [5.41, 5.74) is 0. The summed E-state index contributed by atoms with van der Waals surface area (Å²) in [4.78, 5) is 17.3. The highest BCUT2D eigenvalue weighted by Gasteiger charge is 2.36. The van der Waals surface area contributed by atoms with E-state index in [1.54, 1.807) is 0 Å². The molecule has 2 aliphatic heterocycles. The van der Waals surface area contributed by atoms with Crippen LogP contribution in [-0.2, 0) is 4.79 Å². The van der Waals surface area contributed by atoms with Crippen molar-refractivity contribution in [2.24, 2.45) is 5.92 Å². The Hall–Kier alpha value is -0.610. The maximum absolute atomic E-state index is 12.7. The number of piperazine rings is 1. The Balaban J connectivity index is 1.57. The zero-order valence-electron chi connectivity index (χ0n) is 12.8. The van der Waals surface area contributed by atoms with Crippen molar-refractivity contribution in [1.82, 2.24) is 15.1 Å². The van der Waals surface area contributed by atoms with Gasteiger partial charge in [0.25, 0.3) is 0 Å². The smallest absolute Gasteiger partial charge is 0.237 e. The average molecular weight is 279 g/mol. The summed E-state index contributed by atoms with van der Waals surface area (Å²) in [7, 11) is 0. The highest BCUT2D eigenvalue weighted by Crippen LogP contribution is 2.35. The van der Waals surface area contributed by atoms with E-state index in [1.165, 1.54) is 38.5 Å². The molecule has 3 aliphatic rings. The summed E-state index contributed by atoms with van der Waals surface area (Å²) in [5.74, 6) is 1.18. The minimum Gasteiger partial charge on any atom is -0.338 e. The molecule has 1 saturated carbocycles. The van der Waals surface area contributed by atoms with Gasteiger partial charge in [0.2, 0.25) is 5.91 Å². The molecule has 1 N–H and O–H groups in total. The highest BCUT2D eigenvalue weighted by molar-refractivity contribution is 5.78. The fourth-order valence-electron chi connectivity index (χ4n) is 4.37. The lowest BCUT2D eigenvalue weighted by Crippen LogP contribution is -2.55. The normalized spacial score (nSPS) is 35.6. The lowest BCUT2D eigenvalue weighted by molar-refractivity contribution is -0.139. The molecule has 0 spiro atoms. The van der Waals surface area contributed by atoms with E-state index >= 15 is 0 Å². The molecule has 114 valence electrons. The van der Waals surface area contributed by atoms with Gasteiger partial charge in [0.15, 0.2) is 0 Å². The molecule has 2 heterocycles. The van der Waals surface area contributed by atoms with Crippen molar-refractivity contribution in [3.8, 4) is 0 Å². The highest BCUT2D eigenvalue weighted by atomic mass is 16.2. The number of nitrogens with one attached hydrogen (secondary N) is 1. The molecule has 4 nitrogen and oxygen atoms in total. The van der Waals surface area contributed by atoms with Gasteiger partial charge in [0, 0.05) is 38.3 Å². The van der Waals surface area contributed by atoms with E-state index in [9.17, 15) is 4.79 Å². The van der Waals surface area contributed by atoms with Crippen LogP contribution >= 0.6 is 0 Å². The van der Waals surface area contributed by atoms with Gasteiger partial charge in [-0.3, -0.25) is 9.69 Å². The van der Waals surface area contributed by atoms with Gasteiger partial charge in [0.1, 0.15) is 0 Å². The first kappa shape index (κ1) is 14.3. The minimum atomic E-state index is 0.385. The van der Waals surface area contributed by atoms with Gasteiger partial charge in [-0.15, -0.1) is 0 Å². The van der Waals surface area contributed by atoms with Crippen LogP contribution in [0.4, 0.5) is 0 Å². The zero-order chi connectivity index (χ0) is 13.9. The monoisotopic (exact) mass is 279 g/mol. The molecule has 1 amide bonds. The van der Waals surface area contributed by atoms with E-state index in [0.717, 1.165) is 32.1 Å². The van der Waals surface area contributed by atoms with Crippen molar-refractivity contribution in [1.29, 1.82) is 0 Å². The Bertz CT molecular complexity index is 345. The molecule has 0 aromatic heterocycles. The second-order valence-electron chi connectivity index (χ2n) is 6.93. The predicted molar refractivity (Wildman–Crippen MR) is 80.6 cm³/mol. The van der Waals surface area contributed by atoms with E-state index in [0.29, 0.717) is 24.5 Å². The minimum absolute atomic E-state index is 0.385. The molecular formula is C16H29N3O. The Morgan fingerprint density at radius 3 is 2.80 bits per heavy atom. The summed E-state index contributed by atoms with van der Waals surface area (Å²) in [6, 6.07) is 1.07. The molecule has 3 rings (SSSR count). The molecule has 3 atom stereocenters. The molecule has 20 heavy (non-hydrogen) atoms. The molecule has 0 aromatic rings. The summed E-state index contributed by atoms with van der Waals surface area (Å²) < 4.78 is 0. The van der Waals surface area contributed by atoms with E-state index in [1.807, 2.05) is 0 Å². The maximum atomic E-state index is 12.7. The van der Waals surface area contributed by atoms with E-state index in [2.05, 4.69) is 22.0 Å². The third-order valence-electron chi connectivity index (χ3n) is 5.38. The van der Waals surface area contributed by atoms with E-state index in [-0.39, 0.29) is 0 Å². The molecule has 4 heteroatoms. The van der Waals surface area contributed by atoms with Crippen LogP contribution in [0, 0.1) is 5.92 Å². The van der Waals surface area contributed by atoms with Crippen LogP contribution in [0.25, 0.3) is 0 Å². The fraction of sp³-hybridized carbons (Fsp3) is 0.938. The lowest BCUT2D eigenvalue weighted by Gasteiger charge is -2.45. The van der Waals surface area contributed by atoms with Crippen LogP contribution < -0.4 is 5.32 Å². The third-order valence-corrected chi connectivity index (χ3v) is 5.38. The molecule has 0 bridgehead atoms. The van der Waals surface area contributed by atoms with Crippen LogP contribution in [0.15, 0.2) is 0 Å².